The topological polar surface area (TPSA) is 20.3 Å². The third-order valence-corrected chi connectivity index (χ3v) is 6.07. The fourth-order valence-corrected chi connectivity index (χ4v) is 4.59. The van der Waals surface area contributed by atoms with Crippen molar-refractivity contribution in [3.63, 3.8) is 0 Å². The first-order chi connectivity index (χ1) is 10.6. The highest BCUT2D eigenvalue weighted by atomic mass is 35.5. The van der Waals surface area contributed by atoms with Crippen LogP contribution in [0.1, 0.15) is 37.7 Å². The number of nitrogens with zero attached hydrogens (tertiary/aromatic N) is 1. The van der Waals surface area contributed by atoms with Gasteiger partial charge in [-0.3, -0.25) is 9.69 Å². The van der Waals surface area contributed by atoms with Crippen molar-refractivity contribution in [1.29, 1.82) is 0 Å². The van der Waals surface area contributed by atoms with Crippen molar-refractivity contribution in [1.82, 2.24) is 4.90 Å². The third-order valence-electron chi connectivity index (χ3n) is 4.00. The zero-order valence-electron chi connectivity index (χ0n) is 11.9. The van der Waals surface area contributed by atoms with Crippen molar-refractivity contribution >= 4 is 63.5 Å². The monoisotopic (exact) mass is 371 g/mol. The van der Waals surface area contributed by atoms with Crippen LogP contribution in [0.4, 0.5) is 0 Å². The Balaban J connectivity index is 1.83. The van der Waals surface area contributed by atoms with Crippen LogP contribution < -0.4 is 0 Å². The zero-order chi connectivity index (χ0) is 15.7. The van der Waals surface area contributed by atoms with Gasteiger partial charge < -0.3 is 0 Å². The second kappa shape index (κ2) is 6.91. The average molecular weight is 372 g/mol. The number of thiocarbonyl (C=S) groups is 1. The molecule has 2 aliphatic rings. The Labute approximate surface area is 149 Å². The van der Waals surface area contributed by atoms with Gasteiger partial charge in [0, 0.05) is 6.04 Å². The predicted molar refractivity (Wildman–Crippen MR) is 98.3 cm³/mol. The van der Waals surface area contributed by atoms with Gasteiger partial charge in [-0.05, 0) is 36.6 Å². The Morgan fingerprint density at radius 3 is 2.59 bits per heavy atom. The van der Waals surface area contributed by atoms with Crippen molar-refractivity contribution in [2.45, 2.75) is 38.1 Å². The van der Waals surface area contributed by atoms with E-state index in [2.05, 4.69) is 0 Å². The van der Waals surface area contributed by atoms with Gasteiger partial charge in [0.15, 0.2) is 0 Å². The van der Waals surface area contributed by atoms with E-state index in [1.54, 1.807) is 12.1 Å². The van der Waals surface area contributed by atoms with Crippen LogP contribution in [-0.2, 0) is 4.79 Å². The van der Waals surface area contributed by atoms with Crippen LogP contribution in [0.25, 0.3) is 6.08 Å². The minimum Gasteiger partial charge on any atom is -0.290 e. The molecule has 0 atom stereocenters. The summed E-state index contributed by atoms with van der Waals surface area (Å²) in [6.07, 6.45) is 7.54. The summed E-state index contributed by atoms with van der Waals surface area (Å²) in [7, 11) is 0. The summed E-state index contributed by atoms with van der Waals surface area (Å²) in [5.74, 6) is 0.0213. The molecule has 1 aromatic rings. The minimum atomic E-state index is 0.0213. The standard InChI is InChI=1S/C16H15Cl2NOS2/c17-12-7-6-10(8-13(12)18)9-14-15(20)19(16(21)22-14)11-4-2-1-3-5-11/h6-9,11H,1-5H2. The van der Waals surface area contributed by atoms with Crippen LogP contribution >= 0.6 is 47.2 Å². The fraction of sp³-hybridized carbons (Fsp3) is 0.375. The van der Waals surface area contributed by atoms with Crippen LogP contribution in [0.15, 0.2) is 23.1 Å². The number of halogens is 2. The first-order valence-electron chi connectivity index (χ1n) is 7.28. The molecule has 0 aromatic heterocycles. The van der Waals surface area contributed by atoms with Crippen molar-refractivity contribution in [3.8, 4) is 0 Å². The molecule has 1 saturated carbocycles. The maximum Gasteiger partial charge on any atom is 0.266 e. The molecule has 2 fully saturated rings. The molecule has 0 N–H and O–H groups in total. The largest absolute Gasteiger partial charge is 0.290 e. The van der Waals surface area contributed by atoms with Crippen LogP contribution in [-0.4, -0.2) is 21.2 Å². The molecule has 2 nitrogen and oxygen atoms in total. The van der Waals surface area contributed by atoms with Gasteiger partial charge in [0.05, 0.1) is 15.0 Å². The molecule has 1 aliphatic heterocycles. The van der Waals surface area contributed by atoms with Gasteiger partial charge in [-0.1, -0.05) is 72.5 Å². The van der Waals surface area contributed by atoms with E-state index >= 15 is 0 Å². The second-order valence-electron chi connectivity index (χ2n) is 5.52. The molecule has 1 aromatic carbocycles. The molecule has 3 rings (SSSR count). The van der Waals surface area contributed by atoms with E-state index in [0.717, 1.165) is 18.4 Å². The van der Waals surface area contributed by atoms with Gasteiger partial charge >= 0.3 is 0 Å². The van der Waals surface area contributed by atoms with E-state index < -0.39 is 0 Å². The summed E-state index contributed by atoms with van der Waals surface area (Å²) < 4.78 is 0.670. The van der Waals surface area contributed by atoms with Crippen molar-refractivity contribution in [3.05, 3.63) is 38.7 Å². The summed E-state index contributed by atoms with van der Waals surface area (Å²) in [6.45, 7) is 0. The fourth-order valence-electron chi connectivity index (χ4n) is 2.89. The Morgan fingerprint density at radius 2 is 1.91 bits per heavy atom. The second-order valence-corrected chi connectivity index (χ2v) is 8.01. The number of carbonyl (C=O) groups excluding carboxylic acids is 1. The summed E-state index contributed by atoms with van der Waals surface area (Å²) in [4.78, 5) is 15.1. The highest BCUT2D eigenvalue weighted by Crippen LogP contribution is 2.37. The Kier molecular flexibility index (Phi) is 5.13. The number of rotatable bonds is 2. The Morgan fingerprint density at radius 1 is 1.18 bits per heavy atom. The number of thioether (sulfide) groups is 1. The molecule has 0 spiro atoms. The van der Waals surface area contributed by atoms with E-state index in [0.29, 0.717) is 19.3 Å². The quantitative estimate of drug-likeness (QED) is 0.503. The van der Waals surface area contributed by atoms with Crippen LogP contribution in [0.2, 0.25) is 10.0 Å². The maximum atomic E-state index is 12.7. The number of amides is 1. The van der Waals surface area contributed by atoms with Crippen LogP contribution in [0.5, 0.6) is 0 Å². The van der Waals surface area contributed by atoms with E-state index in [9.17, 15) is 4.79 Å². The highest BCUT2D eigenvalue weighted by molar-refractivity contribution is 8.26. The number of carbonyl (C=O) groups is 1. The molecular weight excluding hydrogens is 357 g/mol. The number of hydrogen-bond acceptors (Lipinski definition) is 3. The molecule has 0 radical (unpaired) electrons. The average Bonchev–Trinajstić information content (AvgIpc) is 2.78. The normalized spacial score (nSPS) is 21.9. The van der Waals surface area contributed by atoms with Crippen LogP contribution in [0.3, 0.4) is 0 Å². The van der Waals surface area contributed by atoms with Gasteiger partial charge in [0.25, 0.3) is 5.91 Å². The third kappa shape index (κ3) is 3.35. The summed E-state index contributed by atoms with van der Waals surface area (Å²) in [5, 5.41) is 0.992. The zero-order valence-corrected chi connectivity index (χ0v) is 15.0. The summed E-state index contributed by atoms with van der Waals surface area (Å²) >= 11 is 18.7. The molecule has 1 saturated heterocycles. The molecular formula is C16H15Cl2NOS2. The number of hydrogen-bond donors (Lipinski definition) is 0. The summed E-state index contributed by atoms with van der Waals surface area (Å²) in [6, 6.07) is 5.61. The highest BCUT2D eigenvalue weighted by Gasteiger charge is 2.37. The molecule has 1 heterocycles. The maximum absolute atomic E-state index is 12.7. The Bertz CT molecular complexity index is 654. The van der Waals surface area contributed by atoms with Crippen molar-refractivity contribution in [2.24, 2.45) is 0 Å². The van der Waals surface area contributed by atoms with Crippen molar-refractivity contribution < 1.29 is 4.79 Å². The molecule has 22 heavy (non-hydrogen) atoms. The van der Waals surface area contributed by atoms with Crippen molar-refractivity contribution in [2.75, 3.05) is 0 Å². The number of benzene rings is 1. The molecule has 6 heteroatoms. The lowest BCUT2D eigenvalue weighted by Crippen LogP contribution is -2.39. The molecule has 116 valence electrons. The lowest BCUT2D eigenvalue weighted by molar-refractivity contribution is -0.124. The summed E-state index contributed by atoms with van der Waals surface area (Å²) in [5.41, 5.74) is 0.860. The Hall–Kier alpha value is -0.550. The smallest absolute Gasteiger partial charge is 0.266 e. The SMILES string of the molecule is O=C1C(=Cc2ccc(Cl)c(Cl)c2)SC(=S)N1C1CCCCC1. The molecule has 1 amide bonds. The predicted octanol–water partition coefficient (Wildman–Crippen LogP) is 5.53. The molecule has 0 bridgehead atoms. The lowest BCUT2D eigenvalue weighted by Gasteiger charge is -2.29. The van der Waals surface area contributed by atoms with Gasteiger partial charge in [-0.25, -0.2) is 0 Å². The lowest BCUT2D eigenvalue weighted by atomic mass is 9.94. The van der Waals surface area contributed by atoms with E-state index in [1.807, 2.05) is 17.0 Å². The molecule has 1 aliphatic carbocycles. The van der Waals surface area contributed by atoms with E-state index in [1.165, 1.54) is 31.0 Å². The molecule has 0 unspecified atom stereocenters. The van der Waals surface area contributed by atoms with Gasteiger partial charge in [0.2, 0.25) is 0 Å². The van der Waals surface area contributed by atoms with Gasteiger partial charge in [0.1, 0.15) is 4.32 Å². The van der Waals surface area contributed by atoms with Crippen LogP contribution in [0, 0.1) is 0 Å². The van der Waals surface area contributed by atoms with E-state index in [-0.39, 0.29) is 11.9 Å². The van der Waals surface area contributed by atoms with Gasteiger partial charge in [-0.15, -0.1) is 0 Å². The first-order valence-corrected chi connectivity index (χ1v) is 9.26. The van der Waals surface area contributed by atoms with E-state index in [4.69, 9.17) is 35.4 Å². The first kappa shape index (κ1) is 16.3. The minimum absolute atomic E-state index is 0.0213. The van der Waals surface area contributed by atoms with Gasteiger partial charge in [-0.2, -0.15) is 0 Å².